The summed E-state index contributed by atoms with van der Waals surface area (Å²) in [5, 5.41) is 0. The summed E-state index contributed by atoms with van der Waals surface area (Å²) in [5.74, 6) is -0.887. The zero-order valence-electron chi connectivity index (χ0n) is 17.0. The van der Waals surface area contributed by atoms with Gasteiger partial charge in [0.2, 0.25) is 10.0 Å². The van der Waals surface area contributed by atoms with Crippen LogP contribution in [0.3, 0.4) is 0 Å². The van der Waals surface area contributed by atoms with Crippen LogP contribution in [0.4, 0.5) is 4.39 Å². The fraction of sp³-hybridized carbons (Fsp3) is 0.273. The highest BCUT2D eigenvalue weighted by Gasteiger charge is 2.39. The highest BCUT2D eigenvalue weighted by Crippen LogP contribution is 2.27. The summed E-state index contributed by atoms with van der Waals surface area (Å²) in [6.45, 7) is 6.29. The Labute approximate surface area is 184 Å². The van der Waals surface area contributed by atoms with Crippen LogP contribution in [-0.2, 0) is 21.4 Å². The van der Waals surface area contributed by atoms with E-state index in [2.05, 4.69) is 11.6 Å². The zero-order valence-corrected chi connectivity index (χ0v) is 18.6. The van der Waals surface area contributed by atoms with Gasteiger partial charge in [-0.05, 0) is 50.1 Å². The lowest BCUT2D eigenvalue weighted by Gasteiger charge is -2.21. The lowest BCUT2D eigenvalue weighted by Crippen LogP contribution is -2.40. The molecule has 0 bridgehead atoms. The lowest BCUT2D eigenvalue weighted by molar-refractivity contribution is -0.121. The molecule has 3 aromatic rings. The maximum atomic E-state index is 13.6. The van der Waals surface area contributed by atoms with Crippen molar-refractivity contribution >= 4 is 37.5 Å². The molecule has 6 nitrogen and oxygen atoms in total. The SMILES string of the molecule is C=CCn1c(=NC(=O)C2CCCN2S(=O)(=O)c2ccc(C)cc2)sc2cc(F)ccc21. The molecule has 1 saturated heterocycles. The standard InChI is InChI=1S/C22H22FN3O3S2/c1-3-12-25-18-11-8-16(23)14-20(18)30-22(25)24-21(27)19-5-4-13-26(19)31(28,29)17-9-6-15(2)7-10-17/h3,6-11,14,19H,1,4-5,12-13H2,2H3. The highest BCUT2D eigenvalue weighted by atomic mass is 32.2. The third kappa shape index (κ3) is 4.13. The van der Waals surface area contributed by atoms with Gasteiger partial charge in [0, 0.05) is 13.1 Å². The van der Waals surface area contributed by atoms with E-state index in [0.717, 1.165) is 11.1 Å². The van der Waals surface area contributed by atoms with E-state index in [1.807, 2.05) is 6.92 Å². The molecule has 2 aromatic carbocycles. The summed E-state index contributed by atoms with van der Waals surface area (Å²) in [4.78, 5) is 17.9. The Bertz CT molecular complexity index is 1320. The van der Waals surface area contributed by atoms with Crippen molar-refractivity contribution in [2.24, 2.45) is 4.99 Å². The fourth-order valence-electron chi connectivity index (χ4n) is 3.73. The first kappa shape index (κ1) is 21.6. The number of carbonyl (C=O) groups excluding carboxylic acids is 1. The molecule has 1 atom stereocenters. The number of sulfonamides is 1. The Kier molecular flexibility index (Phi) is 5.92. The molecular formula is C22H22FN3O3S2. The Balaban J connectivity index is 1.72. The summed E-state index contributed by atoms with van der Waals surface area (Å²) in [7, 11) is -3.81. The van der Waals surface area contributed by atoms with Gasteiger partial charge in [0.25, 0.3) is 5.91 Å². The number of amides is 1. The van der Waals surface area contributed by atoms with Crippen LogP contribution in [0, 0.1) is 12.7 Å². The molecule has 162 valence electrons. The second kappa shape index (κ2) is 8.49. The van der Waals surface area contributed by atoms with Gasteiger partial charge < -0.3 is 4.57 Å². The summed E-state index contributed by atoms with van der Waals surface area (Å²) < 4.78 is 43.6. The number of halogens is 1. The van der Waals surface area contributed by atoms with Gasteiger partial charge >= 0.3 is 0 Å². The molecule has 1 aromatic heterocycles. The van der Waals surface area contributed by atoms with Gasteiger partial charge in [-0.1, -0.05) is 35.1 Å². The van der Waals surface area contributed by atoms with Crippen LogP contribution < -0.4 is 4.80 Å². The third-order valence-electron chi connectivity index (χ3n) is 5.28. The molecule has 0 saturated carbocycles. The average molecular weight is 460 g/mol. The molecule has 0 aliphatic carbocycles. The van der Waals surface area contributed by atoms with Crippen LogP contribution in [-0.4, -0.2) is 35.8 Å². The number of aromatic nitrogens is 1. The van der Waals surface area contributed by atoms with Crippen LogP contribution in [0.2, 0.25) is 0 Å². The van der Waals surface area contributed by atoms with Crippen molar-refractivity contribution in [1.29, 1.82) is 0 Å². The van der Waals surface area contributed by atoms with Crippen molar-refractivity contribution < 1.29 is 17.6 Å². The number of thiazole rings is 1. The summed E-state index contributed by atoms with van der Waals surface area (Å²) in [6.07, 6.45) is 2.67. The number of allylic oxidation sites excluding steroid dienone is 1. The lowest BCUT2D eigenvalue weighted by atomic mass is 10.2. The van der Waals surface area contributed by atoms with Crippen molar-refractivity contribution in [3.63, 3.8) is 0 Å². The molecule has 1 aliphatic rings. The van der Waals surface area contributed by atoms with E-state index in [1.165, 1.54) is 27.8 Å². The van der Waals surface area contributed by atoms with Crippen molar-refractivity contribution in [2.45, 2.75) is 37.2 Å². The normalized spacial score (nSPS) is 18.0. The molecule has 0 radical (unpaired) electrons. The van der Waals surface area contributed by atoms with E-state index in [0.29, 0.717) is 28.9 Å². The van der Waals surface area contributed by atoms with Crippen LogP contribution >= 0.6 is 11.3 Å². The second-order valence-electron chi connectivity index (χ2n) is 7.43. The number of benzene rings is 2. The smallest absolute Gasteiger partial charge is 0.266 e. The second-order valence-corrected chi connectivity index (χ2v) is 10.3. The Morgan fingerprint density at radius 2 is 2.03 bits per heavy atom. The molecule has 9 heteroatoms. The van der Waals surface area contributed by atoms with E-state index in [9.17, 15) is 17.6 Å². The number of fused-ring (bicyclic) bond motifs is 1. The first-order chi connectivity index (χ1) is 14.8. The van der Waals surface area contributed by atoms with Crippen molar-refractivity contribution in [3.8, 4) is 0 Å². The van der Waals surface area contributed by atoms with Crippen molar-refractivity contribution in [2.75, 3.05) is 6.54 Å². The number of carbonyl (C=O) groups is 1. The maximum absolute atomic E-state index is 13.6. The minimum absolute atomic E-state index is 0.164. The van der Waals surface area contributed by atoms with Gasteiger partial charge in [0.1, 0.15) is 11.9 Å². The van der Waals surface area contributed by atoms with Crippen LogP contribution in [0.1, 0.15) is 18.4 Å². The maximum Gasteiger partial charge on any atom is 0.266 e. The van der Waals surface area contributed by atoms with E-state index in [1.54, 1.807) is 41.0 Å². The van der Waals surface area contributed by atoms with Gasteiger partial charge in [-0.25, -0.2) is 12.8 Å². The monoisotopic (exact) mass is 459 g/mol. The van der Waals surface area contributed by atoms with Gasteiger partial charge in [0.15, 0.2) is 4.80 Å². The van der Waals surface area contributed by atoms with Crippen molar-refractivity contribution in [1.82, 2.24) is 8.87 Å². The zero-order chi connectivity index (χ0) is 22.2. The van der Waals surface area contributed by atoms with Gasteiger partial charge in [-0.3, -0.25) is 4.79 Å². The first-order valence-electron chi connectivity index (χ1n) is 9.88. The number of nitrogens with zero attached hydrogens (tertiary/aromatic N) is 3. The number of rotatable bonds is 5. The molecule has 1 unspecified atom stereocenters. The number of hydrogen-bond donors (Lipinski definition) is 0. The Hall–Kier alpha value is -2.62. The van der Waals surface area contributed by atoms with E-state index < -0.39 is 22.0 Å². The van der Waals surface area contributed by atoms with E-state index in [-0.39, 0.29) is 17.3 Å². The van der Waals surface area contributed by atoms with E-state index in [4.69, 9.17) is 0 Å². The topological polar surface area (TPSA) is 71.7 Å². The summed E-state index contributed by atoms with van der Waals surface area (Å²) >= 11 is 1.19. The summed E-state index contributed by atoms with van der Waals surface area (Å²) in [5.41, 5.74) is 1.70. The van der Waals surface area contributed by atoms with Crippen LogP contribution in [0.5, 0.6) is 0 Å². The quantitative estimate of drug-likeness (QED) is 0.547. The predicted octanol–water partition coefficient (Wildman–Crippen LogP) is 3.62. The Morgan fingerprint density at radius 3 is 2.74 bits per heavy atom. The largest absolute Gasteiger partial charge is 0.313 e. The van der Waals surface area contributed by atoms with Crippen LogP contribution in [0.15, 0.2) is 65.0 Å². The molecular weight excluding hydrogens is 437 g/mol. The van der Waals surface area contributed by atoms with Gasteiger partial charge in [-0.15, -0.1) is 6.58 Å². The fourth-order valence-corrected chi connectivity index (χ4v) is 6.45. The minimum atomic E-state index is -3.81. The van der Waals surface area contributed by atoms with Gasteiger partial charge in [-0.2, -0.15) is 9.30 Å². The third-order valence-corrected chi connectivity index (χ3v) is 8.24. The number of hydrogen-bond acceptors (Lipinski definition) is 4. The molecule has 2 heterocycles. The molecule has 31 heavy (non-hydrogen) atoms. The Morgan fingerprint density at radius 1 is 1.29 bits per heavy atom. The summed E-state index contributed by atoms with van der Waals surface area (Å²) in [6, 6.07) is 10.1. The molecule has 1 amide bonds. The van der Waals surface area contributed by atoms with E-state index >= 15 is 0 Å². The van der Waals surface area contributed by atoms with Gasteiger partial charge in [0.05, 0.1) is 15.1 Å². The molecule has 0 N–H and O–H groups in total. The minimum Gasteiger partial charge on any atom is -0.313 e. The average Bonchev–Trinajstić information content (AvgIpc) is 3.34. The molecule has 1 aliphatic heterocycles. The number of aryl methyl sites for hydroxylation is 1. The van der Waals surface area contributed by atoms with Crippen LogP contribution in [0.25, 0.3) is 10.2 Å². The predicted molar refractivity (Wildman–Crippen MR) is 119 cm³/mol. The van der Waals surface area contributed by atoms with Crippen molar-refractivity contribution in [3.05, 3.63) is 71.3 Å². The highest BCUT2D eigenvalue weighted by molar-refractivity contribution is 7.89. The molecule has 0 spiro atoms. The molecule has 1 fully saturated rings. The first-order valence-corrected chi connectivity index (χ1v) is 12.1. The molecule has 4 rings (SSSR count).